The second-order valence-electron chi connectivity index (χ2n) is 4.90. The van der Waals surface area contributed by atoms with Crippen LogP contribution in [0.3, 0.4) is 0 Å². The monoisotopic (exact) mass is 274 g/mol. The molecule has 1 aliphatic rings. The van der Waals surface area contributed by atoms with Gasteiger partial charge in [0, 0.05) is 17.5 Å². The van der Waals surface area contributed by atoms with Gasteiger partial charge in [-0.05, 0) is 25.0 Å². The van der Waals surface area contributed by atoms with Gasteiger partial charge in [-0.3, -0.25) is 0 Å². The molecule has 3 rings (SSSR count). The largest absolute Gasteiger partial charge is 0.444 e. The fourth-order valence-corrected chi connectivity index (χ4v) is 3.51. The van der Waals surface area contributed by atoms with E-state index in [4.69, 9.17) is 4.42 Å². The molecule has 0 aliphatic carbocycles. The Morgan fingerprint density at radius 3 is 3.00 bits per heavy atom. The van der Waals surface area contributed by atoms with E-state index in [0.29, 0.717) is 12.6 Å². The van der Waals surface area contributed by atoms with E-state index in [1.54, 1.807) is 0 Å². The highest BCUT2D eigenvalue weighted by atomic mass is 32.2. The number of hydrogen-bond acceptors (Lipinski definition) is 4. The fourth-order valence-electron chi connectivity index (χ4n) is 2.38. The molecule has 0 amide bonds. The molecule has 3 nitrogen and oxygen atoms in total. The molecule has 1 unspecified atom stereocenters. The van der Waals surface area contributed by atoms with Crippen LogP contribution in [-0.2, 0) is 12.3 Å². The Hall–Kier alpha value is -1.26. The Morgan fingerprint density at radius 1 is 1.37 bits per heavy atom. The fraction of sp³-hybridized carbons (Fsp3) is 0.400. The Bertz CT molecular complexity index is 560. The molecule has 0 bridgehead atoms. The summed E-state index contributed by atoms with van der Waals surface area (Å²) < 4.78 is 5.61. The van der Waals surface area contributed by atoms with Crippen molar-refractivity contribution < 1.29 is 4.42 Å². The standard InChI is InChI=1S/C15H18N2OS/c1-10-11(2)18-15(17-10)7-16-14-9-19-8-12-5-3-4-6-13(12)14/h3-6,14,16H,7-9H2,1-2H3. The van der Waals surface area contributed by atoms with E-state index in [2.05, 4.69) is 34.6 Å². The highest BCUT2D eigenvalue weighted by Crippen LogP contribution is 2.31. The minimum atomic E-state index is 0.391. The smallest absolute Gasteiger partial charge is 0.208 e. The molecule has 0 fully saturated rings. The summed E-state index contributed by atoms with van der Waals surface area (Å²) >= 11 is 1.98. The third kappa shape index (κ3) is 2.69. The highest BCUT2D eigenvalue weighted by molar-refractivity contribution is 7.98. The van der Waals surface area contributed by atoms with Crippen molar-refractivity contribution in [3.63, 3.8) is 0 Å². The molecule has 100 valence electrons. The maximum atomic E-state index is 5.61. The number of aryl methyl sites for hydroxylation is 2. The van der Waals surface area contributed by atoms with Crippen molar-refractivity contribution in [3.8, 4) is 0 Å². The number of rotatable bonds is 3. The molecule has 0 spiro atoms. The lowest BCUT2D eigenvalue weighted by Crippen LogP contribution is -2.26. The molecule has 1 N–H and O–H groups in total. The summed E-state index contributed by atoms with van der Waals surface area (Å²) in [6.45, 7) is 4.62. The quantitative estimate of drug-likeness (QED) is 0.931. The minimum absolute atomic E-state index is 0.391. The van der Waals surface area contributed by atoms with Crippen molar-refractivity contribution in [2.45, 2.75) is 32.2 Å². The summed E-state index contributed by atoms with van der Waals surface area (Å²) in [5, 5.41) is 3.56. The van der Waals surface area contributed by atoms with E-state index in [1.165, 1.54) is 11.1 Å². The van der Waals surface area contributed by atoms with Crippen molar-refractivity contribution in [1.82, 2.24) is 10.3 Å². The third-order valence-corrected chi connectivity index (χ3v) is 4.63. The van der Waals surface area contributed by atoms with Crippen LogP contribution >= 0.6 is 11.8 Å². The molecule has 1 aromatic heterocycles. The number of oxazole rings is 1. The van der Waals surface area contributed by atoms with Crippen LogP contribution in [-0.4, -0.2) is 10.7 Å². The average molecular weight is 274 g/mol. The Morgan fingerprint density at radius 2 is 2.21 bits per heavy atom. The number of hydrogen-bond donors (Lipinski definition) is 1. The third-order valence-electron chi connectivity index (χ3n) is 3.55. The predicted octanol–water partition coefficient (Wildman–Crippen LogP) is 3.37. The molecular formula is C15H18N2OS. The summed E-state index contributed by atoms with van der Waals surface area (Å²) in [6.07, 6.45) is 0. The van der Waals surface area contributed by atoms with Crippen LogP contribution < -0.4 is 5.32 Å². The van der Waals surface area contributed by atoms with Crippen molar-refractivity contribution in [3.05, 3.63) is 52.7 Å². The van der Waals surface area contributed by atoms with Gasteiger partial charge in [0.15, 0.2) is 0 Å². The van der Waals surface area contributed by atoms with Gasteiger partial charge >= 0.3 is 0 Å². The molecular weight excluding hydrogens is 256 g/mol. The number of nitrogens with zero attached hydrogens (tertiary/aromatic N) is 1. The van der Waals surface area contributed by atoms with Crippen molar-refractivity contribution >= 4 is 11.8 Å². The highest BCUT2D eigenvalue weighted by Gasteiger charge is 2.20. The Kier molecular flexibility index (Phi) is 3.62. The van der Waals surface area contributed by atoms with Gasteiger partial charge in [0.1, 0.15) is 5.76 Å². The average Bonchev–Trinajstić information content (AvgIpc) is 2.75. The summed E-state index contributed by atoms with van der Waals surface area (Å²) in [7, 11) is 0. The zero-order valence-corrected chi connectivity index (χ0v) is 12.1. The molecule has 1 aliphatic heterocycles. The van der Waals surface area contributed by atoms with Crippen LogP contribution in [0.25, 0.3) is 0 Å². The van der Waals surface area contributed by atoms with E-state index in [0.717, 1.165) is 28.9 Å². The maximum absolute atomic E-state index is 5.61. The number of nitrogens with one attached hydrogen (secondary N) is 1. The van der Waals surface area contributed by atoms with Crippen molar-refractivity contribution in [2.75, 3.05) is 5.75 Å². The molecule has 0 radical (unpaired) electrons. The number of aromatic nitrogens is 1. The Balaban J connectivity index is 1.71. The molecule has 1 atom stereocenters. The summed E-state index contributed by atoms with van der Waals surface area (Å²) in [5.74, 6) is 3.92. The van der Waals surface area contributed by atoms with Crippen LogP contribution in [0.2, 0.25) is 0 Å². The molecule has 19 heavy (non-hydrogen) atoms. The summed E-state index contributed by atoms with van der Waals surface area (Å²) in [6, 6.07) is 9.06. The van der Waals surface area contributed by atoms with Gasteiger partial charge in [-0.25, -0.2) is 4.98 Å². The van der Waals surface area contributed by atoms with Gasteiger partial charge in [-0.15, -0.1) is 0 Å². The van der Waals surface area contributed by atoms with Crippen LogP contribution in [0.15, 0.2) is 28.7 Å². The molecule has 1 aromatic carbocycles. The normalized spacial score (nSPS) is 18.3. The van der Waals surface area contributed by atoms with Crippen LogP contribution in [0.4, 0.5) is 0 Å². The lowest BCUT2D eigenvalue weighted by atomic mass is 10.0. The lowest BCUT2D eigenvalue weighted by molar-refractivity contribution is 0.432. The topological polar surface area (TPSA) is 38.1 Å². The second kappa shape index (κ2) is 5.39. The van der Waals surface area contributed by atoms with Gasteiger partial charge in [-0.2, -0.15) is 11.8 Å². The van der Waals surface area contributed by atoms with Crippen molar-refractivity contribution in [2.24, 2.45) is 0 Å². The SMILES string of the molecule is Cc1nc(CNC2CSCc3ccccc32)oc1C. The molecule has 2 heterocycles. The van der Waals surface area contributed by atoms with E-state index >= 15 is 0 Å². The zero-order valence-electron chi connectivity index (χ0n) is 11.3. The van der Waals surface area contributed by atoms with E-state index in [-0.39, 0.29) is 0 Å². The van der Waals surface area contributed by atoms with Crippen LogP contribution in [0.1, 0.15) is 34.5 Å². The first-order valence-corrected chi connectivity index (χ1v) is 7.71. The van der Waals surface area contributed by atoms with Gasteiger partial charge in [0.05, 0.1) is 12.2 Å². The van der Waals surface area contributed by atoms with E-state index < -0.39 is 0 Å². The van der Waals surface area contributed by atoms with Gasteiger partial charge in [0.2, 0.25) is 5.89 Å². The molecule has 4 heteroatoms. The second-order valence-corrected chi connectivity index (χ2v) is 5.93. The van der Waals surface area contributed by atoms with Crippen LogP contribution in [0.5, 0.6) is 0 Å². The summed E-state index contributed by atoms with van der Waals surface area (Å²) in [4.78, 5) is 4.41. The predicted molar refractivity (Wildman–Crippen MR) is 78.2 cm³/mol. The van der Waals surface area contributed by atoms with Crippen molar-refractivity contribution in [1.29, 1.82) is 0 Å². The number of fused-ring (bicyclic) bond motifs is 1. The van der Waals surface area contributed by atoms with Gasteiger partial charge in [0.25, 0.3) is 0 Å². The lowest BCUT2D eigenvalue weighted by Gasteiger charge is -2.25. The molecule has 0 saturated carbocycles. The van der Waals surface area contributed by atoms with Crippen LogP contribution in [0, 0.1) is 13.8 Å². The first-order chi connectivity index (χ1) is 9.24. The maximum Gasteiger partial charge on any atom is 0.208 e. The molecule has 2 aromatic rings. The molecule has 0 saturated heterocycles. The van der Waals surface area contributed by atoms with Gasteiger partial charge < -0.3 is 9.73 Å². The van der Waals surface area contributed by atoms with Gasteiger partial charge in [-0.1, -0.05) is 24.3 Å². The Labute approximate surface area is 117 Å². The van der Waals surface area contributed by atoms with E-state index in [9.17, 15) is 0 Å². The van der Waals surface area contributed by atoms with E-state index in [1.807, 2.05) is 25.6 Å². The zero-order chi connectivity index (χ0) is 13.2. The first-order valence-electron chi connectivity index (χ1n) is 6.56. The number of benzene rings is 1. The summed E-state index contributed by atoms with van der Waals surface area (Å²) in [5.41, 5.74) is 3.84. The minimum Gasteiger partial charge on any atom is -0.444 e. The number of thioether (sulfide) groups is 1. The first kappa shape index (κ1) is 12.8.